The summed E-state index contributed by atoms with van der Waals surface area (Å²) in [5.41, 5.74) is 2.06. The van der Waals surface area contributed by atoms with E-state index in [2.05, 4.69) is 31.1 Å². The number of halogens is 1. The van der Waals surface area contributed by atoms with Crippen molar-refractivity contribution in [2.24, 2.45) is 0 Å². The molecule has 21 heavy (non-hydrogen) atoms. The van der Waals surface area contributed by atoms with E-state index >= 15 is 0 Å². The van der Waals surface area contributed by atoms with Gasteiger partial charge in [-0.2, -0.15) is 0 Å². The normalized spacial score (nSPS) is 11.5. The van der Waals surface area contributed by atoms with Crippen molar-refractivity contribution in [1.82, 2.24) is 10.3 Å². The van der Waals surface area contributed by atoms with Crippen LogP contribution in [0.3, 0.4) is 0 Å². The molecule has 0 saturated carbocycles. The second-order valence-electron chi connectivity index (χ2n) is 6.08. The van der Waals surface area contributed by atoms with Crippen molar-refractivity contribution in [2.75, 3.05) is 0 Å². The van der Waals surface area contributed by atoms with Crippen molar-refractivity contribution in [1.29, 1.82) is 0 Å². The highest BCUT2D eigenvalue weighted by atomic mass is 35.5. The minimum atomic E-state index is 0.0449. The average molecular weight is 305 g/mol. The molecule has 2 aromatic rings. The summed E-state index contributed by atoms with van der Waals surface area (Å²) in [5, 5.41) is 4.15. The summed E-state index contributed by atoms with van der Waals surface area (Å²) in [6.45, 7) is 9.07. The summed E-state index contributed by atoms with van der Waals surface area (Å²) in [7, 11) is 0. The highest BCUT2D eigenvalue weighted by Gasteiger charge is 2.12. The molecule has 0 atom stereocenters. The third kappa shape index (κ3) is 4.73. The fourth-order valence-electron chi connectivity index (χ4n) is 1.84. The Labute approximate surface area is 131 Å². The molecule has 0 fully saturated rings. The maximum atomic E-state index is 5.97. The smallest absolute Gasteiger partial charge is 0.223 e. The maximum absolute atomic E-state index is 5.97. The zero-order valence-corrected chi connectivity index (χ0v) is 13.7. The molecule has 0 spiro atoms. The van der Waals surface area contributed by atoms with Crippen molar-refractivity contribution in [3.8, 4) is 11.6 Å². The lowest BCUT2D eigenvalue weighted by molar-refractivity contribution is 0.408. The molecular formula is C17H21ClN2O. The molecule has 3 nitrogen and oxygen atoms in total. The number of aryl methyl sites for hydroxylation is 1. The molecule has 0 aliphatic carbocycles. The summed E-state index contributed by atoms with van der Waals surface area (Å²) >= 11 is 5.97. The Morgan fingerprint density at radius 2 is 2.00 bits per heavy atom. The molecule has 1 aromatic heterocycles. The van der Waals surface area contributed by atoms with E-state index in [1.165, 1.54) is 0 Å². The van der Waals surface area contributed by atoms with Crippen LogP contribution in [0.4, 0.5) is 0 Å². The summed E-state index contributed by atoms with van der Waals surface area (Å²) in [6.07, 6.45) is 1.74. The molecule has 2 rings (SSSR count). The van der Waals surface area contributed by atoms with Crippen LogP contribution < -0.4 is 10.1 Å². The number of rotatable bonds is 4. The molecule has 1 N–H and O–H groups in total. The molecule has 4 heteroatoms. The number of aromatic nitrogens is 1. The van der Waals surface area contributed by atoms with Crippen LogP contribution in [0.1, 0.15) is 31.9 Å². The first-order chi connectivity index (χ1) is 9.85. The maximum Gasteiger partial charge on any atom is 0.223 e. The first kappa shape index (κ1) is 15.8. The third-order valence-electron chi connectivity index (χ3n) is 3.00. The van der Waals surface area contributed by atoms with E-state index in [1.807, 2.05) is 37.3 Å². The molecule has 1 heterocycles. The van der Waals surface area contributed by atoms with E-state index in [-0.39, 0.29) is 5.54 Å². The highest BCUT2D eigenvalue weighted by Crippen LogP contribution is 2.28. The second-order valence-corrected chi connectivity index (χ2v) is 6.52. The van der Waals surface area contributed by atoms with E-state index in [9.17, 15) is 0 Å². The summed E-state index contributed by atoms with van der Waals surface area (Å²) in [5.74, 6) is 1.40. The summed E-state index contributed by atoms with van der Waals surface area (Å²) in [4.78, 5) is 4.34. The fraction of sp³-hybridized carbons (Fsp3) is 0.353. The van der Waals surface area contributed by atoms with Gasteiger partial charge in [0.15, 0.2) is 0 Å². The molecule has 0 saturated heterocycles. The quantitative estimate of drug-likeness (QED) is 0.887. The zero-order chi connectivity index (χ0) is 15.5. The number of pyridine rings is 1. The minimum Gasteiger partial charge on any atom is -0.438 e. The average Bonchev–Trinajstić information content (AvgIpc) is 2.40. The molecule has 0 aliphatic rings. The van der Waals surface area contributed by atoms with Crippen molar-refractivity contribution in [3.05, 3.63) is 52.7 Å². The van der Waals surface area contributed by atoms with Crippen LogP contribution in [0.15, 0.2) is 36.5 Å². The Morgan fingerprint density at radius 3 is 2.67 bits per heavy atom. The van der Waals surface area contributed by atoms with Gasteiger partial charge in [-0.3, -0.25) is 0 Å². The molecular weight excluding hydrogens is 284 g/mol. The summed E-state index contributed by atoms with van der Waals surface area (Å²) in [6, 6.07) is 9.51. The van der Waals surface area contributed by atoms with Crippen LogP contribution >= 0.6 is 11.6 Å². The lowest BCUT2D eigenvalue weighted by Crippen LogP contribution is -2.35. The lowest BCUT2D eigenvalue weighted by Gasteiger charge is -2.21. The fourth-order valence-corrected chi connectivity index (χ4v) is 2.07. The topological polar surface area (TPSA) is 34.1 Å². The highest BCUT2D eigenvalue weighted by molar-refractivity contribution is 6.30. The van der Waals surface area contributed by atoms with E-state index in [0.717, 1.165) is 16.9 Å². The van der Waals surface area contributed by atoms with Crippen LogP contribution in [0.5, 0.6) is 11.6 Å². The number of nitrogens with one attached hydrogen (secondary N) is 1. The van der Waals surface area contributed by atoms with Crippen LogP contribution in [0.2, 0.25) is 5.02 Å². The Balaban J connectivity index is 2.20. The molecule has 0 unspecified atom stereocenters. The predicted octanol–water partition coefficient (Wildman–Crippen LogP) is 4.72. The van der Waals surface area contributed by atoms with Crippen molar-refractivity contribution in [2.45, 2.75) is 39.8 Å². The largest absolute Gasteiger partial charge is 0.438 e. The first-order valence-corrected chi connectivity index (χ1v) is 7.36. The van der Waals surface area contributed by atoms with Crippen molar-refractivity contribution < 1.29 is 4.74 Å². The van der Waals surface area contributed by atoms with Gasteiger partial charge >= 0.3 is 0 Å². The Morgan fingerprint density at radius 1 is 1.24 bits per heavy atom. The number of nitrogens with zero attached hydrogens (tertiary/aromatic N) is 1. The number of hydrogen-bond acceptors (Lipinski definition) is 3. The van der Waals surface area contributed by atoms with Gasteiger partial charge < -0.3 is 10.1 Å². The van der Waals surface area contributed by atoms with Gasteiger partial charge in [0.2, 0.25) is 5.88 Å². The van der Waals surface area contributed by atoms with Crippen LogP contribution in [-0.2, 0) is 6.54 Å². The van der Waals surface area contributed by atoms with Crippen molar-refractivity contribution >= 4 is 11.6 Å². The third-order valence-corrected chi connectivity index (χ3v) is 3.24. The Bertz CT molecular complexity index is 620. The van der Waals surface area contributed by atoms with Gasteiger partial charge in [-0.05, 0) is 57.5 Å². The van der Waals surface area contributed by atoms with Crippen LogP contribution in [-0.4, -0.2) is 10.5 Å². The molecule has 0 bridgehead atoms. The Kier molecular flexibility index (Phi) is 4.86. The predicted molar refractivity (Wildman–Crippen MR) is 87.1 cm³/mol. The van der Waals surface area contributed by atoms with Gasteiger partial charge in [0.1, 0.15) is 5.75 Å². The number of ether oxygens (including phenoxy) is 1. The van der Waals surface area contributed by atoms with E-state index in [0.29, 0.717) is 17.4 Å². The van der Waals surface area contributed by atoms with Crippen LogP contribution in [0, 0.1) is 6.92 Å². The molecule has 0 aliphatic heterocycles. The molecule has 112 valence electrons. The van der Waals surface area contributed by atoms with Crippen molar-refractivity contribution in [3.63, 3.8) is 0 Å². The SMILES string of the molecule is Cc1cc(Cl)ccc1Oc1ncccc1CNC(C)(C)C. The standard InChI is InChI=1S/C17H21ClN2O/c1-12-10-14(18)7-8-15(12)21-16-13(6-5-9-19-16)11-20-17(2,3)4/h5-10,20H,11H2,1-4H3. The van der Waals surface area contributed by atoms with Gasteiger partial charge in [0, 0.05) is 28.9 Å². The number of benzene rings is 1. The van der Waals surface area contributed by atoms with Gasteiger partial charge in [0.05, 0.1) is 0 Å². The van der Waals surface area contributed by atoms with Gasteiger partial charge in [-0.1, -0.05) is 17.7 Å². The monoisotopic (exact) mass is 304 g/mol. The lowest BCUT2D eigenvalue weighted by atomic mass is 10.1. The van der Waals surface area contributed by atoms with Gasteiger partial charge in [-0.15, -0.1) is 0 Å². The number of hydrogen-bond donors (Lipinski definition) is 1. The van der Waals surface area contributed by atoms with Gasteiger partial charge in [-0.25, -0.2) is 4.98 Å². The zero-order valence-electron chi connectivity index (χ0n) is 12.9. The Hall–Kier alpha value is -1.58. The molecule has 0 radical (unpaired) electrons. The van der Waals surface area contributed by atoms with Gasteiger partial charge in [0.25, 0.3) is 0 Å². The van der Waals surface area contributed by atoms with E-state index in [1.54, 1.807) is 6.20 Å². The van der Waals surface area contributed by atoms with E-state index in [4.69, 9.17) is 16.3 Å². The molecule has 1 aromatic carbocycles. The summed E-state index contributed by atoms with van der Waals surface area (Å²) < 4.78 is 5.95. The van der Waals surface area contributed by atoms with E-state index < -0.39 is 0 Å². The molecule has 0 amide bonds. The minimum absolute atomic E-state index is 0.0449. The first-order valence-electron chi connectivity index (χ1n) is 6.98. The second kappa shape index (κ2) is 6.46. The van der Waals surface area contributed by atoms with Crippen LogP contribution in [0.25, 0.3) is 0 Å².